The second-order valence-corrected chi connectivity index (χ2v) is 6.30. The third kappa shape index (κ3) is 3.17. The highest BCUT2D eigenvalue weighted by Crippen LogP contribution is 2.28. The molecule has 0 saturated carbocycles. The third-order valence-electron chi connectivity index (χ3n) is 4.37. The lowest BCUT2D eigenvalue weighted by Crippen LogP contribution is -2.36. The third-order valence-corrected chi connectivity index (χ3v) is 4.37. The van der Waals surface area contributed by atoms with Crippen molar-refractivity contribution in [2.75, 3.05) is 11.9 Å². The minimum Gasteiger partial charge on any atom is -0.482 e. The van der Waals surface area contributed by atoms with Gasteiger partial charge < -0.3 is 15.4 Å². The van der Waals surface area contributed by atoms with Crippen LogP contribution < -0.4 is 31.9 Å². The van der Waals surface area contributed by atoms with Crippen molar-refractivity contribution in [3.8, 4) is 5.75 Å². The molecule has 4 heterocycles. The van der Waals surface area contributed by atoms with Gasteiger partial charge in [0.05, 0.1) is 11.9 Å². The van der Waals surface area contributed by atoms with Gasteiger partial charge in [-0.25, -0.2) is 15.0 Å². The van der Waals surface area contributed by atoms with Gasteiger partial charge in [0.25, 0.3) is 11.8 Å². The summed E-state index contributed by atoms with van der Waals surface area (Å²) < 4.78 is 6.91. The van der Waals surface area contributed by atoms with Crippen LogP contribution in [0.5, 0.6) is 5.75 Å². The first-order chi connectivity index (χ1) is 14.2. The molecule has 0 saturated heterocycles. The molecule has 146 valence electrons. The predicted octanol–water partition coefficient (Wildman–Crippen LogP) is -0.736. The van der Waals surface area contributed by atoms with Gasteiger partial charge in [-0.2, -0.15) is 5.10 Å². The van der Waals surface area contributed by atoms with Gasteiger partial charge in [0.1, 0.15) is 17.1 Å². The fourth-order valence-electron chi connectivity index (χ4n) is 3.03. The molecule has 12 heteroatoms. The largest absolute Gasteiger partial charge is 0.482 e. The smallest absolute Gasteiger partial charge is 0.270 e. The highest BCUT2D eigenvalue weighted by molar-refractivity contribution is 6.01. The molecule has 1 aromatic carbocycles. The van der Waals surface area contributed by atoms with E-state index in [1.807, 2.05) is 6.07 Å². The quantitative estimate of drug-likeness (QED) is 0.390. The van der Waals surface area contributed by atoms with Crippen LogP contribution in [0.1, 0.15) is 21.7 Å². The SMILES string of the molecule is O=C1COc2ccc(CNC(=O)c3cc(C4=NNNN4)n4nccc4n3)cc2N1. The number of hydrazone groups is 1. The normalized spacial score (nSPS) is 14.9. The number of nitrogens with one attached hydrogen (secondary N) is 5. The molecule has 0 aliphatic carbocycles. The highest BCUT2D eigenvalue weighted by atomic mass is 16.5. The van der Waals surface area contributed by atoms with Crippen LogP contribution in [0, 0.1) is 0 Å². The van der Waals surface area contributed by atoms with E-state index in [0.29, 0.717) is 28.6 Å². The lowest BCUT2D eigenvalue weighted by Gasteiger charge is -2.18. The summed E-state index contributed by atoms with van der Waals surface area (Å²) in [5.74, 6) is 0.509. The number of carbonyl (C=O) groups is 2. The molecule has 2 aromatic heterocycles. The first kappa shape index (κ1) is 16.9. The fourth-order valence-corrected chi connectivity index (χ4v) is 3.03. The van der Waals surface area contributed by atoms with E-state index < -0.39 is 0 Å². The Balaban J connectivity index is 1.37. The zero-order valence-electron chi connectivity index (χ0n) is 14.9. The summed E-state index contributed by atoms with van der Waals surface area (Å²) >= 11 is 0. The number of hydrogen-bond donors (Lipinski definition) is 5. The summed E-state index contributed by atoms with van der Waals surface area (Å²) in [4.78, 5) is 28.5. The highest BCUT2D eigenvalue weighted by Gasteiger charge is 2.19. The van der Waals surface area contributed by atoms with Crippen molar-refractivity contribution in [3.05, 3.63) is 53.5 Å². The molecule has 3 aromatic rings. The van der Waals surface area contributed by atoms with Crippen LogP contribution in [0.4, 0.5) is 5.69 Å². The molecule has 5 rings (SSSR count). The molecule has 2 aliphatic rings. The zero-order chi connectivity index (χ0) is 19.8. The summed E-state index contributed by atoms with van der Waals surface area (Å²) in [5, 5.41) is 13.8. The van der Waals surface area contributed by atoms with Crippen LogP contribution in [0.25, 0.3) is 5.65 Å². The van der Waals surface area contributed by atoms with Gasteiger partial charge in [-0.05, 0) is 23.8 Å². The Morgan fingerprint density at radius 2 is 2.21 bits per heavy atom. The maximum atomic E-state index is 12.7. The van der Waals surface area contributed by atoms with Gasteiger partial charge in [-0.1, -0.05) is 6.07 Å². The zero-order valence-corrected chi connectivity index (χ0v) is 14.9. The van der Waals surface area contributed by atoms with Crippen molar-refractivity contribution in [3.63, 3.8) is 0 Å². The number of hydrazine groups is 2. The van der Waals surface area contributed by atoms with Gasteiger partial charge in [0.15, 0.2) is 18.1 Å². The molecule has 2 amide bonds. The van der Waals surface area contributed by atoms with E-state index in [4.69, 9.17) is 4.74 Å². The number of rotatable bonds is 4. The Morgan fingerprint density at radius 3 is 3.07 bits per heavy atom. The average Bonchev–Trinajstić information content (AvgIpc) is 3.42. The van der Waals surface area contributed by atoms with Crippen LogP contribution in [-0.2, 0) is 11.3 Å². The molecule has 12 nitrogen and oxygen atoms in total. The minimum atomic E-state index is -0.354. The summed E-state index contributed by atoms with van der Waals surface area (Å²) in [6.45, 7) is 0.255. The summed E-state index contributed by atoms with van der Waals surface area (Å²) in [6, 6.07) is 8.64. The Hall–Kier alpha value is -4.19. The first-order valence-electron chi connectivity index (χ1n) is 8.70. The number of hydrogen-bond acceptors (Lipinski definition) is 9. The molecule has 5 N–H and O–H groups in total. The van der Waals surface area contributed by atoms with Crippen molar-refractivity contribution >= 4 is 29.0 Å². The van der Waals surface area contributed by atoms with Crippen LogP contribution in [0.3, 0.4) is 0 Å². The van der Waals surface area contributed by atoms with Crippen molar-refractivity contribution in [2.24, 2.45) is 5.10 Å². The predicted molar refractivity (Wildman–Crippen MR) is 101 cm³/mol. The van der Waals surface area contributed by atoms with Gasteiger partial charge in [-0.3, -0.25) is 15.0 Å². The molecule has 29 heavy (non-hydrogen) atoms. The molecular formula is C17H15N9O3. The lowest BCUT2D eigenvalue weighted by molar-refractivity contribution is -0.118. The molecule has 0 bridgehead atoms. The number of aromatic nitrogens is 3. The summed E-state index contributed by atoms with van der Waals surface area (Å²) in [5.41, 5.74) is 10.7. The molecule has 0 unspecified atom stereocenters. The molecule has 0 spiro atoms. The van der Waals surface area contributed by atoms with E-state index in [1.165, 1.54) is 0 Å². The number of fused-ring (bicyclic) bond motifs is 2. The Bertz CT molecular complexity index is 1170. The number of nitrogens with zero attached hydrogens (tertiary/aromatic N) is 4. The van der Waals surface area contributed by atoms with E-state index in [-0.39, 0.29) is 30.7 Å². The maximum absolute atomic E-state index is 12.7. The van der Waals surface area contributed by atoms with E-state index in [2.05, 4.69) is 42.3 Å². The summed E-state index contributed by atoms with van der Waals surface area (Å²) in [6.07, 6.45) is 1.59. The second-order valence-electron chi connectivity index (χ2n) is 6.30. The standard InChI is InChI=1S/C17H15N9O3/c27-15-8-29-13-2-1-9(5-10(13)21-15)7-18-17(28)11-6-12(16-22-24-25-23-16)26-14(20-11)3-4-19-26/h1-6,24-25H,7-8H2,(H,18,28)(H,21,27)(H,22,23). The number of anilines is 1. The number of ether oxygens (including phenoxy) is 1. The summed E-state index contributed by atoms with van der Waals surface area (Å²) in [7, 11) is 0. The van der Waals surface area contributed by atoms with Crippen molar-refractivity contribution in [1.29, 1.82) is 0 Å². The maximum Gasteiger partial charge on any atom is 0.270 e. The second kappa shape index (κ2) is 6.76. The van der Waals surface area contributed by atoms with Gasteiger partial charge in [-0.15, -0.1) is 10.6 Å². The number of benzene rings is 1. The monoisotopic (exact) mass is 393 g/mol. The molecule has 0 radical (unpaired) electrons. The fraction of sp³-hybridized carbons (Fsp3) is 0.118. The van der Waals surface area contributed by atoms with E-state index in [9.17, 15) is 9.59 Å². The van der Waals surface area contributed by atoms with Crippen molar-refractivity contribution in [2.45, 2.75) is 6.54 Å². The van der Waals surface area contributed by atoms with E-state index >= 15 is 0 Å². The minimum absolute atomic E-state index is 0.000648. The van der Waals surface area contributed by atoms with Crippen LogP contribution in [-0.4, -0.2) is 38.9 Å². The van der Waals surface area contributed by atoms with E-state index in [1.54, 1.807) is 35.0 Å². The van der Waals surface area contributed by atoms with E-state index in [0.717, 1.165) is 5.56 Å². The molecule has 2 aliphatic heterocycles. The number of carbonyl (C=O) groups excluding carboxylic acids is 2. The van der Waals surface area contributed by atoms with Crippen LogP contribution >= 0.6 is 0 Å². The Labute approximate surface area is 163 Å². The van der Waals surface area contributed by atoms with Gasteiger partial charge in [0.2, 0.25) is 0 Å². The lowest BCUT2D eigenvalue weighted by atomic mass is 10.1. The first-order valence-corrected chi connectivity index (χ1v) is 8.70. The topological polar surface area (TPSA) is 146 Å². The van der Waals surface area contributed by atoms with Crippen molar-refractivity contribution < 1.29 is 14.3 Å². The van der Waals surface area contributed by atoms with Gasteiger partial charge >= 0.3 is 0 Å². The molecular weight excluding hydrogens is 378 g/mol. The average molecular weight is 393 g/mol. The number of amides is 2. The molecule has 0 fully saturated rings. The molecule has 0 atom stereocenters. The Kier molecular flexibility index (Phi) is 3.95. The van der Waals surface area contributed by atoms with Crippen LogP contribution in [0.15, 0.2) is 41.6 Å². The van der Waals surface area contributed by atoms with Gasteiger partial charge in [0, 0.05) is 12.6 Å². The number of amidine groups is 1. The van der Waals surface area contributed by atoms with Crippen molar-refractivity contribution in [1.82, 2.24) is 36.4 Å². The van der Waals surface area contributed by atoms with Crippen LogP contribution in [0.2, 0.25) is 0 Å². The Morgan fingerprint density at radius 1 is 1.28 bits per heavy atom.